The number of carboxylic acids is 1. The second-order valence-electron chi connectivity index (χ2n) is 15.3. The number of ether oxygens (including phenoxy) is 1. The smallest absolute Gasteiger partial charge is 0.337 e. The quantitative estimate of drug-likeness (QED) is 0.192. The fraction of sp³-hybridized carbons (Fsp3) is 0.436. The maximum atomic E-state index is 14.1. The lowest BCUT2D eigenvalue weighted by Crippen LogP contribution is -2.39. The number of aliphatic carboxylic acids is 1. The molecule has 256 valence electrons. The summed E-state index contributed by atoms with van der Waals surface area (Å²) in [6, 6.07) is 11.0. The molecule has 0 spiro atoms. The van der Waals surface area contributed by atoms with Crippen molar-refractivity contribution in [3.63, 3.8) is 0 Å². The van der Waals surface area contributed by atoms with Gasteiger partial charge in [-0.3, -0.25) is 4.98 Å². The fourth-order valence-electron chi connectivity index (χ4n) is 7.41. The molecule has 0 radical (unpaired) electrons. The van der Waals surface area contributed by atoms with E-state index in [1.807, 2.05) is 34.6 Å². The molecule has 10 heteroatoms. The number of anilines is 2. The average molecular weight is 666 g/mol. The van der Waals surface area contributed by atoms with Crippen LogP contribution in [0.1, 0.15) is 81.6 Å². The lowest BCUT2D eigenvalue weighted by atomic mass is 9.81. The third-order valence-corrected chi connectivity index (χ3v) is 9.97. The van der Waals surface area contributed by atoms with Gasteiger partial charge in [0, 0.05) is 54.1 Å². The fourth-order valence-corrected chi connectivity index (χ4v) is 7.41. The number of halogens is 1. The molecule has 7 rings (SSSR count). The Balaban J connectivity index is 1.30. The highest BCUT2D eigenvalue weighted by Gasteiger charge is 2.37. The van der Waals surface area contributed by atoms with Gasteiger partial charge >= 0.3 is 5.97 Å². The first kappa shape index (κ1) is 33.0. The Morgan fingerprint density at radius 3 is 2.47 bits per heavy atom. The molecule has 5 aromatic rings. The number of benzene rings is 2. The summed E-state index contributed by atoms with van der Waals surface area (Å²) in [7, 11) is 0. The SMILES string of the molecule is Cc1nc(C)c([C@H](OC(C)(C)C)C(=O)O)c(N2CCC(C)(C)CC2)c1-c1ccc2c(c1)CCN(c1ncnc3c1oc1ccc(F)cc13)C2. The highest BCUT2D eigenvalue weighted by Crippen LogP contribution is 2.45. The minimum atomic E-state index is -1.16. The summed E-state index contributed by atoms with van der Waals surface area (Å²) in [6.07, 6.45) is 3.12. The number of furan rings is 1. The van der Waals surface area contributed by atoms with Crippen LogP contribution in [-0.4, -0.2) is 51.3 Å². The number of carboxylic acid groups (broad SMARTS) is 1. The number of nitrogens with zero attached hydrogens (tertiary/aromatic N) is 5. The van der Waals surface area contributed by atoms with Crippen LogP contribution >= 0.6 is 0 Å². The lowest BCUT2D eigenvalue weighted by Gasteiger charge is -2.41. The highest BCUT2D eigenvalue weighted by molar-refractivity contribution is 6.05. The van der Waals surface area contributed by atoms with Gasteiger partial charge in [0.1, 0.15) is 23.2 Å². The van der Waals surface area contributed by atoms with Crippen LogP contribution in [0, 0.1) is 25.1 Å². The molecule has 0 aliphatic carbocycles. The van der Waals surface area contributed by atoms with E-state index in [2.05, 4.69) is 51.8 Å². The van der Waals surface area contributed by atoms with Crippen LogP contribution in [0.15, 0.2) is 47.1 Å². The van der Waals surface area contributed by atoms with Crippen LogP contribution in [0.25, 0.3) is 33.2 Å². The Morgan fingerprint density at radius 2 is 1.76 bits per heavy atom. The predicted octanol–water partition coefficient (Wildman–Crippen LogP) is 8.32. The van der Waals surface area contributed by atoms with E-state index in [0.717, 1.165) is 54.9 Å². The van der Waals surface area contributed by atoms with Crippen molar-refractivity contribution in [2.24, 2.45) is 5.41 Å². The maximum Gasteiger partial charge on any atom is 0.337 e. The van der Waals surface area contributed by atoms with Gasteiger partial charge in [-0.2, -0.15) is 0 Å². The largest absolute Gasteiger partial charge is 0.479 e. The third kappa shape index (κ3) is 6.23. The second kappa shape index (κ2) is 12.1. The number of hydrogen-bond acceptors (Lipinski definition) is 8. The van der Waals surface area contributed by atoms with E-state index in [-0.39, 0.29) is 11.2 Å². The van der Waals surface area contributed by atoms with Gasteiger partial charge in [0.15, 0.2) is 17.5 Å². The van der Waals surface area contributed by atoms with Gasteiger partial charge in [0.05, 0.1) is 11.3 Å². The lowest BCUT2D eigenvalue weighted by molar-refractivity contribution is -0.160. The molecule has 1 atom stereocenters. The number of hydrogen-bond donors (Lipinski definition) is 1. The molecule has 0 unspecified atom stereocenters. The molecule has 2 aliphatic rings. The number of pyridine rings is 1. The van der Waals surface area contributed by atoms with E-state index in [1.54, 1.807) is 6.07 Å². The maximum absolute atomic E-state index is 14.1. The molecule has 9 nitrogen and oxygen atoms in total. The van der Waals surface area contributed by atoms with Crippen molar-refractivity contribution in [3.05, 3.63) is 76.6 Å². The van der Waals surface area contributed by atoms with Gasteiger partial charge in [-0.15, -0.1) is 0 Å². The molecule has 1 fully saturated rings. The number of aromatic nitrogens is 3. The zero-order valence-electron chi connectivity index (χ0n) is 29.4. The van der Waals surface area contributed by atoms with E-state index in [1.165, 1.54) is 29.6 Å². The van der Waals surface area contributed by atoms with E-state index in [4.69, 9.17) is 14.1 Å². The monoisotopic (exact) mass is 665 g/mol. The first-order valence-corrected chi connectivity index (χ1v) is 17.1. The zero-order chi connectivity index (χ0) is 34.8. The summed E-state index contributed by atoms with van der Waals surface area (Å²) >= 11 is 0. The molecule has 2 aliphatic heterocycles. The Hall–Kier alpha value is -4.57. The molecule has 0 amide bonds. The molecule has 5 heterocycles. The van der Waals surface area contributed by atoms with Crippen LogP contribution in [0.2, 0.25) is 0 Å². The van der Waals surface area contributed by atoms with Crippen molar-refractivity contribution in [1.29, 1.82) is 0 Å². The van der Waals surface area contributed by atoms with Gasteiger partial charge in [0.25, 0.3) is 0 Å². The minimum Gasteiger partial charge on any atom is -0.479 e. The summed E-state index contributed by atoms with van der Waals surface area (Å²) in [6.45, 7) is 17.1. The Labute approximate surface area is 286 Å². The summed E-state index contributed by atoms with van der Waals surface area (Å²) < 4.78 is 26.5. The van der Waals surface area contributed by atoms with Crippen molar-refractivity contribution in [3.8, 4) is 11.1 Å². The molecule has 0 saturated carbocycles. The van der Waals surface area contributed by atoms with Gasteiger partial charge in [-0.05, 0) is 94.2 Å². The molecule has 1 N–H and O–H groups in total. The predicted molar refractivity (Wildman–Crippen MR) is 190 cm³/mol. The second-order valence-corrected chi connectivity index (χ2v) is 15.3. The Kier molecular flexibility index (Phi) is 8.13. The van der Waals surface area contributed by atoms with Gasteiger partial charge < -0.3 is 24.1 Å². The molecule has 49 heavy (non-hydrogen) atoms. The summed E-state index contributed by atoms with van der Waals surface area (Å²) in [5.74, 6) is -0.669. The van der Waals surface area contributed by atoms with E-state index >= 15 is 0 Å². The molecule has 0 bridgehead atoms. The van der Waals surface area contributed by atoms with Crippen LogP contribution in [0.3, 0.4) is 0 Å². The van der Waals surface area contributed by atoms with Crippen LogP contribution < -0.4 is 9.80 Å². The molecule has 3 aromatic heterocycles. The Bertz CT molecular complexity index is 2090. The Morgan fingerprint density at radius 1 is 1.00 bits per heavy atom. The average Bonchev–Trinajstić information content (AvgIpc) is 3.41. The first-order chi connectivity index (χ1) is 23.2. The summed E-state index contributed by atoms with van der Waals surface area (Å²) in [5, 5.41) is 11.2. The molecular formula is C39H44FN5O4. The van der Waals surface area contributed by atoms with Crippen molar-refractivity contribution in [2.75, 3.05) is 29.4 Å². The molecule has 1 saturated heterocycles. The normalized spacial score (nSPS) is 17.1. The summed E-state index contributed by atoms with van der Waals surface area (Å²) in [5.41, 5.74) is 8.72. The van der Waals surface area contributed by atoms with Crippen molar-refractivity contribution < 1.29 is 23.4 Å². The van der Waals surface area contributed by atoms with Crippen LogP contribution in [-0.2, 0) is 22.5 Å². The van der Waals surface area contributed by atoms with E-state index in [0.29, 0.717) is 52.2 Å². The molecule has 2 aromatic carbocycles. The number of rotatable bonds is 6. The number of piperidine rings is 1. The highest BCUT2D eigenvalue weighted by atomic mass is 19.1. The van der Waals surface area contributed by atoms with Crippen molar-refractivity contribution >= 4 is 39.5 Å². The first-order valence-electron chi connectivity index (χ1n) is 17.1. The standard InChI is InChI=1S/C39H44FN5O4/c1-22-30(33(44-16-13-39(6,7)14-17-44)31(23(2)43-22)34(37(46)47)49-38(3,4)5)25-8-9-26-20-45(15-12-24(26)18-25)36-35-32(41-21-42-36)28-19-27(40)10-11-29(28)48-35/h8-11,18-19,21,34H,12-17,20H2,1-7H3,(H,46,47)/t34-/m0/s1. The van der Waals surface area contributed by atoms with E-state index < -0.39 is 17.7 Å². The third-order valence-electron chi connectivity index (χ3n) is 9.97. The van der Waals surface area contributed by atoms with Crippen LogP contribution in [0.5, 0.6) is 0 Å². The van der Waals surface area contributed by atoms with Gasteiger partial charge in [-0.1, -0.05) is 32.0 Å². The number of carbonyl (C=O) groups is 1. The van der Waals surface area contributed by atoms with Gasteiger partial charge in [0.2, 0.25) is 0 Å². The van der Waals surface area contributed by atoms with E-state index in [9.17, 15) is 14.3 Å². The van der Waals surface area contributed by atoms with Crippen molar-refractivity contribution in [1.82, 2.24) is 15.0 Å². The number of aryl methyl sites for hydroxylation is 2. The van der Waals surface area contributed by atoms with Crippen LogP contribution in [0.4, 0.5) is 15.9 Å². The number of fused-ring (bicyclic) bond motifs is 4. The van der Waals surface area contributed by atoms with Gasteiger partial charge in [-0.25, -0.2) is 19.2 Å². The van der Waals surface area contributed by atoms with Crippen molar-refractivity contribution in [2.45, 2.75) is 86.0 Å². The summed E-state index contributed by atoms with van der Waals surface area (Å²) in [4.78, 5) is 31.4. The topological polar surface area (TPSA) is 105 Å². The molecular weight excluding hydrogens is 621 g/mol. The minimum absolute atomic E-state index is 0.216. The zero-order valence-corrected chi connectivity index (χ0v) is 29.4.